The summed E-state index contributed by atoms with van der Waals surface area (Å²) in [5.41, 5.74) is 0.567. The van der Waals surface area contributed by atoms with Gasteiger partial charge < -0.3 is 5.11 Å². The number of aromatic nitrogens is 1. The lowest BCUT2D eigenvalue weighted by molar-refractivity contribution is 0.466. The number of aromatic hydroxyl groups is 1. The van der Waals surface area contributed by atoms with Gasteiger partial charge in [0.2, 0.25) is 0 Å². The third kappa shape index (κ3) is 2.26. The quantitative estimate of drug-likeness (QED) is 0.841. The van der Waals surface area contributed by atoms with Gasteiger partial charge in [-0.3, -0.25) is 0 Å². The Morgan fingerprint density at radius 2 is 1.69 bits per heavy atom. The van der Waals surface area contributed by atoms with Crippen LogP contribution >= 0.6 is 23.2 Å². The van der Waals surface area contributed by atoms with E-state index in [0.717, 1.165) is 12.3 Å². The summed E-state index contributed by atoms with van der Waals surface area (Å²) in [5.74, 6) is -0.854. The zero-order valence-electron chi connectivity index (χ0n) is 7.92. The number of nitrogens with zero attached hydrogens (tertiary/aromatic N) is 1. The largest absolute Gasteiger partial charge is 0.506 e. The molecule has 0 radical (unpaired) electrons. The van der Waals surface area contributed by atoms with Crippen molar-refractivity contribution in [2.75, 3.05) is 0 Å². The SMILES string of the molecule is Oc1cnc(-c2cc(Cl)cc(Cl)c2)c(F)c1. The Kier molecular flexibility index (Phi) is 2.99. The summed E-state index contributed by atoms with van der Waals surface area (Å²) in [6, 6.07) is 5.63. The number of halogens is 3. The molecule has 2 nitrogen and oxygen atoms in total. The van der Waals surface area contributed by atoms with Crippen molar-refractivity contribution < 1.29 is 9.50 Å². The van der Waals surface area contributed by atoms with Crippen molar-refractivity contribution in [1.82, 2.24) is 4.98 Å². The van der Waals surface area contributed by atoms with Gasteiger partial charge in [-0.2, -0.15) is 0 Å². The summed E-state index contributed by atoms with van der Waals surface area (Å²) < 4.78 is 13.5. The third-order valence-electron chi connectivity index (χ3n) is 1.96. The number of hydrogen-bond donors (Lipinski definition) is 1. The molecule has 1 N–H and O–H groups in total. The minimum Gasteiger partial charge on any atom is -0.506 e. The van der Waals surface area contributed by atoms with E-state index in [1.54, 1.807) is 18.2 Å². The summed E-state index contributed by atoms with van der Waals surface area (Å²) in [6.45, 7) is 0. The molecule has 2 rings (SSSR count). The molecule has 0 aliphatic carbocycles. The fourth-order valence-corrected chi connectivity index (χ4v) is 1.86. The maximum Gasteiger partial charge on any atom is 0.153 e. The van der Waals surface area contributed by atoms with E-state index in [4.69, 9.17) is 28.3 Å². The van der Waals surface area contributed by atoms with Gasteiger partial charge in [-0.05, 0) is 18.2 Å². The highest BCUT2D eigenvalue weighted by molar-refractivity contribution is 6.35. The van der Waals surface area contributed by atoms with Gasteiger partial charge in [0.05, 0.1) is 6.20 Å². The van der Waals surface area contributed by atoms with Crippen molar-refractivity contribution in [3.63, 3.8) is 0 Å². The summed E-state index contributed by atoms with van der Waals surface area (Å²) in [4.78, 5) is 3.79. The van der Waals surface area contributed by atoms with Gasteiger partial charge in [0.25, 0.3) is 0 Å². The third-order valence-corrected chi connectivity index (χ3v) is 2.40. The minimum atomic E-state index is -0.627. The van der Waals surface area contributed by atoms with Crippen molar-refractivity contribution in [1.29, 1.82) is 0 Å². The predicted molar refractivity (Wildman–Crippen MR) is 61.3 cm³/mol. The molecule has 0 unspecified atom stereocenters. The molecule has 2 aromatic rings. The molecule has 82 valence electrons. The Labute approximate surface area is 101 Å². The first kappa shape index (κ1) is 11.2. The topological polar surface area (TPSA) is 33.1 Å². The number of hydrogen-bond acceptors (Lipinski definition) is 2. The van der Waals surface area contributed by atoms with Crippen LogP contribution in [0.1, 0.15) is 0 Å². The Bertz CT molecular complexity index is 525. The lowest BCUT2D eigenvalue weighted by Gasteiger charge is -2.04. The summed E-state index contributed by atoms with van der Waals surface area (Å²) in [7, 11) is 0. The lowest BCUT2D eigenvalue weighted by atomic mass is 10.1. The normalized spacial score (nSPS) is 10.4. The molecule has 16 heavy (non-hydrogen) atoms. The zero-order chi connectivity index (χ0) is 11.7. The van der Waals surface area contributed by atoms with Crippen LogP contribution in [0.3, 0.4) is 0 Å². The molecule has 0 amide bonds. The smallest absolute Gasteiger partial charge is 0.153 e. The van der Waals surface area contributed by atoms with Gasteiger partial charge in [-0.1, -0.05) is 23.2 Å². The van der Waals surface area contributed by atoms with E-state index in [9.17, 15) is 4.39 Å². The van der Waals surface area contributed by atoms with Crippen LogP contribution in [-0.2, 0) is 0 Å². The van der Waals surface area contributed by atoms with Gasteiger partial charge in [0, 0.05) is 21.7 Å². The van der Waals surface area contributed by atoms with Crippen molar-refractivity contribution in [3.05, 3.63) is 46.3 Å². The van der Waals surface area contributed by atoms with Crippen LogP contribution in [0.4, 0.5) is 4.39 Å². The van der Waals surface area contributed by atoms with Crippen LogP contribution in [0.25, 0.3) is 11.3 Å². The maximum atomic E-state index is 13.5. The van der Waals surface area contributed by atoms with Crippen LogP contribution in [0.5, 0.6) is 5.75 Å². The molecule has 1 aromatic carbocycles. The van der Waals surface area contributed by atoms with Crippen LogP contribution in [0.15, 0.2) is 30.5 Å². The first-order chi connectivity index (χ1) is 7.56. The Balaban J connectivity index is 2.58. The van der Waals surface area contributed by atoms with E-state index in [1.807, 2.05) is 0 Å². The molecular formula is C11H6Cl2FNO. The minimum absolute atomic E-state index is 0.0993. The van der Waals surface area contributed by atoms with Gasteiger partial charge in [0.1, 0.15) is 11.4 Å². The van der Waals surface area contributed by atoms with Crippen molar-refractivity contribution in [3.8, 4) is 17.0 Å². The molecule has 1 heterocycles. The second kappa shape index (κ2) is 4.28. The van der Waals surface area contributed by atoms with Gasteiger partial charge in [0.15, 0.2) is 5.82 Å². The Morgan fingerprint density at radius 3 is 2.25 bits per heavy atom. The van der Waals surface area contributed by atoms with Gasteiger partial charge in [-0.25, -0.2) is 9.37 Å². The van der Waals surface area contributed by atoms with E-state index in [2.05, 4.69) is 4.98 Å². The van der Waals surface area contributed by atoms with Crippen molar-refractivity contribution in [2.45, 2.75) is 0 Å². The molecule has 5 heteroatoms. The number of rotatable bonds is 1. The van der Waals surface area contributed by atoms with Crippen molar-refractivity contribution in [2.24, 2.45) is 0 Å². The van der Waals surface area contributed by atoms with Crippen LogP contribution < -0.4 is 0 Å². The zero-order valence-corrected chi connectivity index (χ0v) is 9.43. The molecule has 0 bridgehead atoms. The van der Waals surface area contributed by atoms with Crippen LogP contribution in [0.2, 0.25) is 10.0 Å². The molecule has 0 aliphatic heterocycles. The average molecular weight is 258 g/mol. The standard InChI is InChI=1S/C11H6Cl2FNO/c12-7-1-6(2-8(13)3-7)11-10(14)4-9(16)5-15-11/h1-5,16H. The fraction of sp³-hybridized carbons (Fsp3) is 0. The first-order valence-electron chi connectivity index (χ1n) is 4.37. The number of pyridine rings is 1. The molecule has 0 atom stereocenters. The van der Waals surface area contributed by atoms with Gasteiger partial charge in [-0.15, -0.1) is 0 Å². The monoisotopic (exact) mass is 257 g/mol. The molecule has 0 saturated carbocycles. The highest BCUT2D eigenvalue weighted by Gasteiger charge is 2.09. The first-order valence-corrected chi connectivity index (χ1v) is 5.13. The van der Waals surface area contributed by atoms with E-state index in [-0.39, 0.29) is 11.4 Å². The lowest BCUT2D eigenvalue weighted by Crippen LogP contribution is -1.88. The van der Waals surface area contributed by atoms with E-state index < -0.39 is 5.82 Å². The number of benzene rings is 1. The molecule has 0 fully saturated rings. The highest BCUT2D eigenvalue weighted by atomic mass is 35.5. The van der Waals surface area contributed by atoms with Crippen LogP contribution in [0, 0.1) is 5.82 Å². The van der Waals surface area contributed by atoms with Crippen molar-refractivity contribution >= 4 is 23.2 Å². The second-order valence-electron chi connectivity index (χ2n) is 3.18. The summed E-state index contributed by atoms with van der Waals surface area (Å²) >= 11 is 11.6. The van der Waals surface area contributed by atoms with E-state index in [0.29, 0.717) is 15.6 Å². The van der Waals surface area contributed by atoms with Crippen LogP contribution in [-0.4, -0.2) is 10.1 Å². The molecule has 1 aromatic heterocycles. The second-order valence-corrected chi connectivity index (χ2v) is 4.05. The summed E-state index contributed by atoms with van der Waals surface area (Å²) in [6.07, 6.45) is 1.16. The average Bonchev–Trinajstić information content (AvgIpc) is 2.15. The Morgan fingerprint density at radius 1 is 1.06 bits per heavy atom. The highest BCUT2D eigenvalue weighted by Crippen LogP contribution is 2.28. The predicted octanol–water partition coefficient (Wildman–Crippen LogP) is 3.90. The molecular weight excluding hydrogens is 252 g/mol. The summed E-state index contributed by atoms with van der Waals surface area (Å²) in [5, 5.41) is 9.84. The maximum absolute atomic E-state index is 13.5. The van der Waals surface area contributed by atoms with Gasteiger partial charge >= 0.3 is 0 Å². The van der Waals surface area contributed by atoms with E-state index >= 15 is 0 Å². The fourth-order valence-electron chi connectivity index (χ4n) is 1.33. The molecule has 0 saturated heterocycles. The Hall–Kier alpha value is -1.32. The molecule has 0 spiro atoms. The van der Waals surface area contributed by atoms with E-state index in [1.165, 1.54) is 0 Å². The molecule has 0 aliphatic rings.